The lowest BCUT2D eigenvalue weighted by Crippen LogP contribution is -2.58. The minimum atomic E-state index is -0.583. The second-order valence-corrected chi connectivity index (χ2v) is 8.29. The standard InChI is InChI=1S/C20H23N3O6S/c1-3-15-16-10-17(30-9-8-21-12(2)24)18(22(16)19(15)25)20(26)29-11-13-4-6-14(7-5-13)23(27)28/h4-7,15-16H,3,8-11H2,1-2H3,(H,21,24)/t15-,16+/m1/s1. The Balaban J connectivity index is 1.68. The number of nitrogens with zero attached hydrogens (tertiary/aromatic N) is 2. The van der Waals surface area contributed by atoms with Crippen molar-refractivity contribution in [1.82, 2.24) is 10.2 Å². The number of thioether (sulfide) groups is 1. The van der Waals surface area contributed by atoms with Crippen LogP contribution in [0.4, 0.5) is 5.69 Å². The van der Waals surface area contributed by atoms with Gasteiger partial charge in [-0.3, -0.25) is 19.7 Å². The highest BCUT2D eigenvalue weighted by molar-refractivity contribution is 8.03. The molecule has 2 atom stereocenters. The van der Waals surface area contributed by atoms with E-state index >= 15 is 0 Å². The van der Waals surface area contributed by atoms with Gasteiger partial charge in [-0.2, -0.15) is 0 Å². The number of carbonyl (C=O) groups is 3. The molecule has 0 bridgehead atoms. The van der Waals surface area contributed by atoms with Gasteiger partial charge in [0.2, 0.25) is 11.8 Å². The van der Waals surface area contributed by atoms with Crippen molar-refractivity contribution < 1.29 is 24.0 Å². The molecule has 1 aromatic rings. The van der Waals surface area contributed by atoms with E-state index in [2.05, 4.69) is 5.32 Å². The van der Waals surface area contributed by atoms with Gasteiger partial charge in [-0.1, -0.05) is 6.92 Å². The predicted molar refractivity (Wildman–Crippen MR) is 110 cm³/mol. The summed E-state index contributed by atoms with van der Waals surface area (Å²) >= 11 is 1.45. The molecule has 2 aliphatic rings. The Kier molecular flexibility index (Phi) is 6.76. The van der Waals surface area contributed by atoms with E-state index in [1.807, 2.05) is 6.92 Å². The van der Waals surface area contributed by atoms with E-state index in [9.17, 15) is 24.5 Å². The van der Waals surface area contributed by atoms with Crippen molar-refractivity contribution in [2.75, 3.05) is 12.3 Å². The maximum Gasteiger partial charge on any atom is 0.356 e. The van der Waals surface area contributed by atoms with E-state index in [0.717, 1.165) is 11.3 Å². The third-order valence-electron chi connectivity index (χ3n) is 5.15. The fourth-order valence-electron chi connectivity index (χ4n) is 3.65. The summed E-state index contributed by atoms with van der Waals surface area (Å²) in [5.41, 5.74) is 0.857. The molecule has 0 aliphatic carbocycles. The zero-order chi connectivity index (χ0) is 21.8. The van der Waals surface area contributed by atoms with Gasteiger partial charge in [0.05, 0.1) is 16.9 Å². The van der Waals surface area contributed by atoms with E-state index in [1.165, 1.54) is 47.9 Å². The Bertz CT molecular complexity index is 898. The first-order valence-electron chi connectivity index (χ1n) is 9.67. The number of carbonyl (C=O) groups excluding carboxylic acids is 3. The number of non-ortho nitro benzene ring substituents is 1. The number of hydrogen-bond donors (Lipinski definition) is 1. The van der Waals surface area contributed by atoms with Crippen molar-refractivity contribution in [2.45, 2.75) is 39.3 Å². The quantitative estimate of drug-likeness (QED) is 0.209. The van der Waals surface area contributed by atoms with E-state index in [-0.39, 0.29) is 41.8 Å². The highest BCUT2D eigenvalue weighted by atomic mass is 32.2. The third-order valence-corrected chi connectivity index (χ3v) is 6.27. The van der Waals surface area contributed by atoms with E-state index in [4.69, 9.17) is 4.74 Å². The van der Waals surface area contributed by atoms with Gasteiger partial charge in [-0.25, -0.2) is 4.79 Å². The molecular formula is C20H23N3O6S. The van der Waals surface area contributed by atoms with Crippen LogP contribution in [0, 0.1) is 16.0 Å². The molecule has 2 heterocycles. The van der Waals surface area contributed by atoms with Crippen LogP contribution in [0.3, 0.4) is 0 Å². The smallest absolute Gasteiger partial charge is 0.356 e. The molecule has 1 fully saturated rings. The number of hydrogen-bond acceptors (Lipinski definition) is 7. The molecule has 30 heavy (non-hydrogen) atoms. The van der Waals surface area contributed by atoms with Gasteiger partial charge in [-0.05, 0) is 24.1 Å². The van der Waals surface area contributed by atoms with Gasteiger partial charge in [0.15, 0.2) is 0 Å². The number of fused-ring (bicyclic) bond motifs is 1. The number of β-lactam (4-membered cyclic amide) rings is 1. The zero-order valence-electron chi connectivity index (χ0n) is 16.8. The Morgan fingerprint density at radius 2 is 2.03 bits per heavy atom. The van der Waals surface area contributed by atoms with Gasteiger partial charge < -0.3 is 15.0 Å². The molecule has 2 aliphatic heterocycles. The summed E-state index contributed by atoms with van der Waals surface area (Å²) in [4.78, 5) is 48.9. The van der Waals surface area contributed by atoms with Crippen molar-refractivity contribution in [3.63, 3.8) is 0 Å². The number of amides is 2. The molecule has 0 spiro atoms. The number of nitro benzene ring substituents is 1. The van der Waals surface area contributed by atoms with Crippen LogP contribution in [0.1, 0.15) is 32.3 Å². The molecule has 1 aromatic carbocycles. The Labute approximate surface area is 178 Å². The molecule has 0 unspecified atom stereocenters. The van der Waals surface area contributed by atoms with Crippen LogP contribution in [0.25, 0.3) is 0 Å². The van der Waals surface area contributed by atoms with Crippen LogP contribution in [0.5, 0.6) is 0 Å². The maximum atomic E-state index is 12.8. The molecule has 1 N–H and O–H groups in total. The van der Waals surface area contributed by atoms with E-state index < -0.39 is 10.9 Å². The summed E-state index contributed by atoms with van der Waals surface area (Å²) in [5.74, 6) is -0.276. The number of ether oxygens (including phenoxy) is 1. The first-order chi connectivity index (χ1) is 14.3. The van der Waals surface area contributed by atoms with Crippen LogP contribution in [0.15, 0.2) is 34.9 Å². The highest BCUT2D eigenvalue weighted by Gasteiger charge is 2.54. The first-order valence-corrected chi connectivity index (χ1v) is 10.7. The second-order valence-electron chi connectivity index (χ2n) is 7.10. The average molecular weight is 433 g/mol. The fourth-order valence-corrected chi connectivity index (χ4v) is 4.71. The Hall–Kier alpha value is -2.88. The average Bonchev–Trinajstić information content (AvgIpc) is 3.04. The van der Waals surface area contributed by atoms with Gasteiger partial charge >= 0.3 is 5.97 Å². The minimum absolute atomic E-state index is 0.0207. The molecule has 160 valence electrons. The van der Waals surface area contributed by atoms with Crippen molar-refractivity contribution in [3.8, 4) is 0 Å². The van der Waals surface area contributed by atoms with Crippen LogP contribution in [-0.4, -0.2) is 45.9 Å². The lowest BCUT2D eigenvalue weighted by atomic mass is 9.85. The lowest BCUT2D eigenvalue weighted by molar-refractivity contribution is -0.384. The third kappa shape index (κ3) is 4.48. The molecule has 1 saturated heterocycles. The lowest BCUT2D eigenvalue weighted by Gasteiger charge is -2.43. The molecule has 10 heteroatoms. The largest absolute Gasteiger partial charge is 0.456 e. The van der Waals surface area contributed by atoms with Gasteiger partial charge in [0, 0.05) is 42.7 Å². The van der Waals surface area contributed by atoms with Gasteiger partial charge in [0.1, 0.15) is 12.3 Å². The van der Waals surface area contributed by atoms with Crippen LogP contribution < -0.4 is 5.32 Å². The summed E-state index contributed by atoms with van der Waals surface area (Å²) in [5, 5.41) is 13.5. The summed E-state index contributed by atoms with van der Waals surface area (Å²) in [6.07, 6.45) is 1.33. The van der Waals surface area contributed by atoms with Gasteiger partial charge in [0.25, 0.3) is 5.69 Å². The SMILES string of the molecule is CC[C@H]1C(=O)N2C(C(=O)OCc3ccc([N+](=O)[O-])cc3)=C(SCCNC(C)=O)C[C@@H]12. The predicted octanol–water partition coefficient (Wildman–Crippen LogP) is 2.36. The van der Waals surface area contributed by atoms with Crippen molar-refractivity contribution >= 4 is 35.2 Å². The normalized spacial score (nSPS) is 19.9. The molecular weight excluding hydrogens is 410 g/mol. The zero-order valence-corrected chi connectivity index (χ0v) is 17.6. The summed E-state index contributed by atoms with van der Waals surface area (Å²) in [6, 6.07) is 5.74. The summed E-state index contributed by atoms with van der Waals surface area (Å²) in [7, 11) is 0. The van der Waals surface area contributed by atoms with Crippen LogP contribution >= 0.6 is 11.8 Å². The number of nitro groups is 1. The van der Waals surface area contributed by atoms with E-state index in [0.29, 0.717) is 24.3 Å². The molecule has 0 aromatic heterocycles. The molecule has 0 saturated carbocycles. The highest BCUT2D eigenvalue weighted by Crippen LogP contribution is 2.47. The molecule has 2 amide bonds. The maximum absolute atomic E-state index is 12.8. The fraction of sp³-hybridized carbons (Fsp3) is 0.450. The molecule has 9 nitrogen and oxygen atoms in total. The Morgan fingerprint density at radius 1 is 1.33 bits per heavy atom. The van der Waals surface area contributed by atoms with E-state index in [1.54, 1.807) is 0 Å². The first kappa shape index (κ1) is 21.8. The Morgan fingerprint density at radius 3 is 2.63 bits per heavy atom. The molecule has 0 radical (unpaired) electrons. The summed E-state index contributed by atoms with van der Waals surface area (Å²) < 4.78 is 5.41. The van der Waals surface area contributed by atoms with Crippen molar-refractivity contribution in [3.05, 3.63) is 50.5 Å². The van der Waals surface area contributed by atoms with Crippen LogP contribution in [0.2, 0.25) is 0 Å². The number of rotatable bonds is 9. The minimum Gasteiger partial charge on any atom is -0.456 e. The molecule has 3 rings (SSSR count). The van der Waals surface area contributed by atoms with Crippen molar-refractivity contribution in [1.29, 1.82) is 0 Å². The topological polar surface area (TPSA) is 119 Å². The number of nitrogens with one attached hydrogen (secondary N) is 1. The number of benzene rings is 1. The second kappa shape index (κ2) is 9.29. The monoisotopic (exact) mass is 433 g/mol. The van der Waals surface area contributed by atoms with Crippen LogP contribution in [-0.2, 0) is 25.7 Å². The number of esters is 1. The van der Waals surface area contributed by atoms with Crippen molar-refractivity contribution in [2.24, 2.45) is 5.92 Å². The summed E-state index contributed by atoms with van der Waals surface area (Å²) in [6.45, 7) is 3.81. The van der Waals surface area contributed by atoms with Gasteiger partial charge in [-0.15, -0.1) is 11.8 Å².